The van der Waals surface area contributed by atoms with Gasteiger partial charge in [-0.2, -0.15) is 5.10 Å². The van der Waals surface area contributed by atoms with Gasteiger partial charge in [0, 0.05) is 24.5 Å². The quantitative estimate of drug-likeness (QED) is 0.899. The maximum Gasteiger partial charge on any atom is 0.126 e. The average Bonchev–Trinajstić information content (AvgIpc) is 2.96. The maximum absolute atomic E-state index is 4.69. The van der Waals surface area contributed by atoms with Gasteiger partial charge in [0.15, 0.2) is 0 Å². The van der Waals surface area contributed by atoms with Gasteiger partial charge in [0.1, 0.15) is 5.82 Å². The van der Waals surface area contributed by atoms with Gasteiger partial charge in [-0.15, -0.1) is 0 Å². The van der Waals surface area contributed by atoms with Crippen molar-refractivity contribution in [2.45, 2.75) is 32.2 Å². The standard InChI is InChI=1S/C14H18N4/c1-10(12-8-15-18(2)9-12)16-14-7-6-11-4-3-5-13(11)17-14/h6-10H,3-5H2,1-2H3,(H,16,17). The van der Waals surface area contributed by atoms with Crippen LogP contribution in [0.2, 0.25) is 0 Å². The molecule has 0 bridgehead atoms. The summed E-state index contributed by atoms with van der Waals surface area (Å²) >= 11 is 0. The van der Waals surface area contributed by atoms with E-state index in [1.165, 1.54) is 29.7 Å². The summed E-state index contributed by atoms with van der Waals surface area (Å²) < 4.78 is 1.82. The molecular formula is C14H18N4. The molecule has 94 valence electrons. The third kappa shape index (κ3) is 2.10. The van der Waals surface area contributed by atoms with Crippen molar-refractivity contribution in [3.8, 4) is 0 Å². The molecule has 0 spiro atoms. The molecule has 4 nitrogen and oxygen atoms in total. The van der Waals surface area contributed by atoms with E-state index in [0.717, 1.165) is 12.2 Å². The Balaban J connectivity index is 1.76. The van der Waals surface area contributed by atoms with Crippen molar-refractivity contribution in [3.63, 3.8) is 0 Å². The number of hydrogen-bond donors (Lipinski definition) is 1. The van der Waals surface area contributed by atoms with Gasteiger partial charge in [-0.1, -0.05) is 6.07 Å². The van der Waals surface area contributed by atoms with Crippen molar-refractivity contribution in [3.05, 3.63) is 41.3 Å². The summed E-state index contributed by atoms with van der Waals surface area (Å²) in [7, 11) is 1.93. The predicted molar refractivity (Wildman–Crippen MR) is 71.5 cm³/mol. The van der Waals surface area contributed by atoms with Gasteiger partial charge in [-0.05, 0) is 37.8 Å². The van der Waals surface area contributed by atoms with Crippen LogP contribution in [0, 0.1) is 0 Å². The van der Waals surface area contributed by atoms with Crippen LogP contribution in [-0.2, 0) is 19.9 Å². The van der Waals surface area contributed by atoms with Gasteiger partial charge in [0.05, 0.1) is 12.2 Å². The summed E-state index contributed by atoms with van der Waals surface area (Å²) in [4.78, 5) is 4.69. The summed E-state index contributed by atoms with van der Waals surface area (Å²) in [5.74, 6) is 0.965. The lowest BCUT2D eigenvalue weighted by Gasteiger charge is -2.13. The molecule has 0 fully saturated rings. The maximum atomic E-state index is 4.69. The molecule has 2 heterocycles. The lowest BCUT2D eigenvalue weighted by molar-refractivity contribution is 0.765. The molecule has 4 heteroatoms. The molecule has 0 saturated carbocycles. The zero-order valence-corrected chi connectivity index (χ0v) is 10.8. The predicted octanol–water partition coefficient (Wildman–Crippen LogP) is 2.48. The number of pyridine rings is 1. The van der Waals surface area contributed by atoms with E-state index in [9.17, 15) is 0 Å². The number of rotatable bonds is 3. The summed E-state index contributed by atoms with van der Waals surface area (Å²) in [6.07, 6.45) is 7.47. The molecule has 1 atom stereocenters. The normalized spacial score (nSPS) is 15.4. The number of aryl methyl sites for hydroxylation is 3. The summed E-state index contributed by atoms with van der Waals surface area (Å²) in [6.45, 7) is 2.13. The van der Waals surface area contributed by atoms with Crippen LogP contribution in [-0.4, -0.2) is 14.8 Å². The van der Waals surface area contributed by atoms with E-state index in [2.05, 4.69) is 34.5 Å². The largest absolute Gasteiger partial charge is 0.363 e. The molecule has 0 aliphatic heterocycles. The van der Waals surface area contributed by atoms with Gasteiger partial charge in [0.2, 0.25) is 0 Å². The minimum Gasteiger partial charge on any atom is -0.363 e. The molecule has 0 radical (unpaired) electrons. The Bertz CT molecular complexity index is 559. The van der Waals surface area contributed by atoms with E-state index in [0.29, 0.717) is 0 Å². The van der Waals surface area contributed by atoms with Crippen molar-refractivity contribution >= 4 is 5.82 Å². The van der Waals surface area contributed by atoms with Crippen LogP contribution in [0.1, 0.15) is 36.2 Å². The highest BCUT2D eigenvalue weighted by atomic mass is 15.2. The molecule has 18 heavy (non-hydrogen) atoms. The first kappa shape index (κ1) is 11.3. The lowest BCUT2D eigenvalue weighted by Crippen LogP contribution is -2.08. The Morgan fingerprint density at radius 2 is 2.22 bits per heavy atom. The number of nitrogens with one attached hydrogen (secondary N) is 1. The van der Waals surface area contributed by atoms with E-state index < -0.39 is 0 Å². The molecule has 1 unspecified atom stereocenters. The first-order chi connectivity index (χ1) is 8.72. The molecule has 0 aromatic carbocycles. The van der Waals surface area contributed by atoms with Gasteiger partial charge in [0.25, 0.3) is 0 Å². The molecule has 0 saturated heterocycles. The first-order valence-corrected chi connectivity index (χ1v) is 6.46. The number of anilines is 1. The number of aromatic nitrogens is 3. The number of nitrogens with zero attached hydrogens (tertiary/aromatic N) is 3. The van der Waals surface area contributed by atoms with Crippen LogP contribution < -0.4 is 5.32 Å². The van der Waals surface area contributed by atoms with E-state index in [4.69, 9.17) is 0 Å². The fourth-order valence-electron chi connectivity index (χ4n) is 2.47. The number of fused-ring (bicyclic) bond motifs is 1. The average molecular weight is 242 g/mol. The molecule has 1 N–H and O–H groups in total. The van der Waals surface area contributed by atoms with Gasteiger partial charge >= 0.3 is 0 Å². The van der Waals surface area contributed by atoms with Crippen LogP contribution in [0.4, 0.5) is 5.82 Å². The van der Waals surface area contributed by atoms with Gasteiger partial charge < -0.3 is 5.32 Å². The third-order valence-corrected chi connectivity index (χ3v) is 3.52. The van der Waals surface area contributed by atoms with Crippen LogP contribution >= 0.6 is 0 Å². The SMILES string of the molecule is CC(Nc1ccc2c(n1)CCC2)c1cnn(C)c1. The van der Waals surface area contributed by atoms with Crippen LogP contribution in [0.15, 0.2) is 24.5 Å². The summed E-state index contributed by atoms with van der Waals surface area (Å²) in [6, 6.07) is 4.51. The number of hydrogen-bond acceptors (Lipinski definition) is 3. The minimum atomic E-state index is 0.227. The molecule has 1 aliphatic rings. The molecule has 2 aromatic rings. The molecule has 2 aromatic heterocycles. The van der Waals surface area contributed by atoms with E-state index in [1.807, 2.05) is 24.1 Å². The molecular weight excluding hydrogens is 224 g/mol. The fraction of sp³-hybridized carbons (Fsp3) is 0.429. The van der Waals surface area contributed by atoms with Gasteiger partial charge in [-0.25, -0.2) is 4.98 Å². The Morgan fingerprint density at radius 3 is 3.00 bits per heavy atom. The summed E-state index contributed by atoms with van der Waals surface area (Å²) in [5, 5.41) is 7.63. The van der Waals surface area contributed by atoms with Crippen molar-refractivity contribution < 1.29 is 0 Å². The van der Waals surface area contributed by atoms with E-state index >= 15 is 0 Å². The second-order valence-corrected chi connectivity index (χ2v) is 4.97. The Hall–Kier alpha value is -1.84. The van der Waals surface area contributed by atoms with Crippen LogP contribution in [0.5, 0.6) is 0 Å². The second-order valence-electron chi connectivity index (χ2n) is 4.97. The van der Waals surface area contributed by atoms with Gasteiger partial charge in [-0.3, -0.25) is 4.68 Å². The monoisotopic (exact) mass is 242 g/mol. The van der Waals surface area contributed by atoms with E-state index in [-0.39, 0.29) is 6.04 Å². The summed E-state index contributed by atoms with van der Waals surface area (Å²) in [5.41, 5.74) is 3.85. The zero-order chi connectivity index (χ0) is 12.5. The van der Waals surface area contributed by atoms with Crippen molar-refractivity contribution in [1.82, 2.24) is 14.8 Å². The minimum absolute atomic E-state index is 0.227. The molecule has 0 amide bonds. The van der Waals surface area contributed by atoms with Crippen LogP contribution in [0.25, 0.3) is 0 Å². The first-order valence-electron chi connectivity index (χ1n) is 6.46. The van der Waals surface area contributed by atoms with Crippen LogP contribution in [0.3, 0.4) is 0 Å². The molecule has 3 rings (SSSR count). The Kier molecular flexibility index (Phi) is 2.78. The topological polar surface area (TPSA) is 42.7 Å². The Morgan fingerprint density at radius 1 is 1.33 bits per heavy atom. The molecule has 1 aliphatic carbocycles. The van der Waals surface area contributed by atoms with E-state index in [1.54, 1.807) is 0 Å². The Labute approximate surface area is 107 Å². The van der Waals surface area contributed by atoms with Crippen molar-refractivity contribution in [2.75, 3.05) is 5.32 Å². The van der Waals surface area contributed by atoms with Crippen molar-refractivity contribution in [2.24, 2.45) is 7.05 Å². The highest BCUT2D eigenvalue weighted by molar-refractivity contribution is 5.42. The van der Waals surface area contributed by atoms with Crippen molar-refractivity contribution in [1.29, 1.82) is 0 Å². The highest BCUT2D eigenvalue weighted by Crippen LogP contribution is 2.23. The smallest absolute Gasteiger partial charge is 0.126 e. The third-order valence-electron chi connectivity index (χ3n) is 3.52. The fourth-order valence-corrected chi connectivity index (χ4v) is 2.47. The lowest BCUT2D eigenvalue weighted by atomic mass is 10.2. The highest BCUT2D eigenvalue weighted by Gasteiger charge is 2.14. The zero-order valence-electron chi connectivity index (χ0n) is 10.8. The second kappa shape index (κ2) is 4.44.